The number of carbonyl (C=O) groups excluding carboxylic acids is 1. The highest BCUT2D eigenvalue weighted by Crippen LogP contribution is 2.35. The van der Waals surface area contributed by atoms with E-state index in [2.05, 4.69) is 25.6 Å². The van der Waals surface area contributed by atoms with Gasteiger partial charge in [-0.2, -0.15) is 0 Å². The summed E-state index contributed by atoms with van der Waals surface area (Å²) < 4.78 is 4.71. The highest BCUT2D eigenvalue weighted by atomic mass is 16.6. The van der Waals surface area contributed by atoms with Crippen LogP contribution >= 0.6 is 0 Å². The van der Waals surface area contributed by atoms with Crippen LogP contribution in [-0.2, 0) is 11.2 Å². The van der Waals surface area contributed by atoms with Gasteiger partial charge in [0.1, 0.15) is 11.4 Å². The minimum absolute atomic E-state index is 0.0605. The molecule has 1 aliphatic carbocycles. The smallest absolute Gasteiger partial charge is 0.228 e. The minimum Gasteiger partial charge on any atom is -0.351 e. The summed E-state index contributed by atoms with van der Waals surface area (Å²) in [5.41, 5.74) is 4.43. The number of pyridine rings is 1. The van der Waals surface area contributed by atoms with Crippen LogP contribution in [0.1, 0.15) is 48.7 Å². The van der Waals surface area contributed by atoms with Gasteiger partial charge in [0, 0.05) is 49.2 Å². The first kappa shape index (κ1) is 19.6. The fourth-order valence-electron chi connectivity index (χ4n) is 4.01. The van der Waals surface area contributed by atoms with Crippen molar-refractivity contribution in [3.63, 3.8) is 0 Å². The maximum Gasteiger partial charge on any atom is 0.228 e. The lowest BCUT2D eigenvalue weighted by Gasteiger charge is -2.32. The fraction of sp³-hybridized carbons (Fsp3) is 0.455. The summed E-state index contributed by atoms with van der Waals surface area (Å²) in [7, 11) is 0. The topological polar surface area (TPSA) is 110 Å². The second kappa shape index (κ2) is 8.41. The molecule has 5 rings (SSSR count). The molecule has 4 heterocycles. The number of hydrogen-bond acceptors (Lipinski definition) is 8. The van der Waals surface area contributed by atoms with Crippen molar-refractivity contribution in [2.45, 2.75) is 51.0 Å². The largest absolute Gasteiger partial charge is 0.351 e. The lowest BCUT2D eigenvalue weighted by Crippen LogP contribution is -2.39. The predicted molar refractivity (Wildman–Crippen MR) is 113 cm³/mol. The second-order valence-electron chi connectivity index (χ2n) is 8.28. The molecular weight excluding hydrogens is 394 g/mol. The first-order valence-corrected chi connectivity index (χ1v) is 10.8. The summed E-state index contributed by atoms with van der Waals surface area (Å²) in [6.45, 7) is 3.19. The maximum absolute atomic E-state index is 12.7. The Morgan fingerprint density at radius 2 is 1.94 bits per heavy atom. The molecule has 9 heteroatoms. The van der Waals surface area contributed by atoms with Gasteiger partial charge in [-0.15, -0.1) is 0 Å². The zero-order valence-corrected chi connectivity index (χ0v) is 17.5. The molecule has 160 valence electrons. The Morgan fingerprint density at radius 3 is 2.61 bits per heavy atom. The molecule has 0 unspecified atom stereocenters. The maximum atomic E-state index is 12.7. The molecule has 3 aromatic heterocycles. The van der Waals surface area contributed by atoms with Crippen LogP contribution in [0.3, 0.4) is 0 Å². The Hall–Kier alpha value is -3.36. The Balaban J connectivity index is 1.32. The molecule has 2 aliphatic rings. The quantitative estimate of drug-likeness (QED) is 0.649. The van der Waals surface area contributed by atoms with Crippen LogP contribution in [0.4, 0.5) is 5.95 Å². The van der Waals surface area contributed by atoms with Gasteiger partial charge in [-0.05, 0) is 50.3 Å². The van der Waals surface area contributed by atoms with Crippen molar-refractivity contribution in [1.29, 1.82) is 0 Å². The second-order valence-corrected chi connectivity index (χ2v) is 8.28. The van der Waals surface area contributed by atoms with Gasteiger partial charge < -0.3 is 10.2 Å². The summed E-state index contributed by atoms with van der Waals surface area (Å²) in [5, 5.41) is 11.0. The molecule has 31 heavy (non-hydrogen) atoms. The number of nitrogens with one attached hydrogen (secondary N) is 1. The first-order chi connectivity index (χ1) is 15.2. The summed E-state index contributed by atoms with van der Waals surface area (Å²) in [5.74, 6) is 1.03. The number of aromatic nitrogens is 5. The molecule has 1 N–H and O–H groups in total. The summed E-state index contributed by atoms with van der Waals surface area (Å²) in [6.07, 6.45) is 9.79. The number of piperidine rings is 1. The predicted octanol–water partition coefficient (Wildman–Crippen LogP) is 2.75. The van der Waals surface area contributed by atoms with Crippen molar-refractivity contribution >= 4 is 11.9 Å². The van der Waals surface area contributed by atoms with Gasteiger partial charge in [0.25, 0.3) is 0 Å². The molecular formula is C22H25N7O2. The van der Waals surface area contributed by atoms with E-state index in [-0.39, 0.29) is 18.2 Å². The van der Waals surface area contributed by atoms with E-state index in [0.29, 0.717) is 36.5 Å². The number of carbonyl (C=O) groups is 1. The van der Waals surface area contributed by atoms with Gasteiger partial charge in [0.05, 0.1) is 12.1 Å². The van der Waals surface area contributed by atoms with E-state index in [9.17, 15) is 4.79 Å². The molecule has 9 nitrogen and oxygen atoms in total. The van der Waals surface area contributed by atoms with Crippen LogP contribution in [0.5, 0.6) is 0 Å². The normalized spacial score (nSPS) is 17.0. The van der Waals surface area contributed by atoms with E-state index >= 15 is 0 Å². The summed E-state index contributed by atoms with van der Waals surface area (Å²) >= 11 is 0. The van der Waals surface area contributed by atoms with Crippen LogP contribution < -0.4 is 5.32 Å². The van der Waals surface area contributed by atoms with E-state index in [0.717, 1.165) is 29.7 Å². The lowest BCUT2D eigenvalue weighted by molar-refractivity contribution is -0.131. The third-order valence-corrected chi connectivity index (χ3v) is 6.02. The van der Waals surface area contributed by atoms with Crippen LogP contribution in [0.25, 0.3) is 11.1 Å². The Bertz CT molecular complexity index is 1060. The van der Waals surface area contributed by atoms with Crippen molar-refractivity contribution in [1.82, 2.24) is 30.2 Å². The fourth-order valence-corrected chi connectivity index (χ4v) is 4.01. The zero-order chi connectivity index (χ0) is 21.2. The highest BCUT2D eigenvalue weighted by Gasteiger charge is 2.29. The van der Waals surface area contributed by atoms with Crippen LogP contribution in [0, 0.1) is 6.92 Å². The Labute approximate surface area is 180 Å². The van der Waals surface area contributed by atoms with Crippen molar-refractivity contribution in [3.05, 3.63) is 47.8 Å². The van der Waals surface area contributed by atoms with Gasteiger partial charge in [-0.1, -0.05) is 10.3 Å². The van der Waals surface area contributed by atoms with Gasteiger partial charge in [0.2, 0.25) is 11.9 Å². The average Bonchev–Trinajstić information content (AvgIpc) is 3.54. The van der Waals surface area contributed by atoms with Crippen molar-refractivity contribution in [2.24, 2.45) is 0 Å². The standard InChI is InChI=1S/C22H25N7O2/c1-14-19(28-31-27-14)12-20(30)29-10-6-16(7-11-29)21-18(15-4-8-23-9-5-15)13-24-22(26-21)25-17-2-3-17/h4-5,8-9,13,16-17H,2-3,6-7,10-12H2,1H3,(H,24,25,26). The number of anilines is 1. The van der Waals surface area contributed by atoms with E-state index in [4.69, 9.17) is 9.61 Å². The molecule has 1 saturated heterocycles. The number of rotatable bonds is 6. The number of hydrogen-bond donors (Lipinski definition) is 1. The monoisotopic (exact) mass is 419 g/mol. The van der Waals surface area contributed by atoms with Crippen molar-refractivity contribution in [3.8, 4) is 11.1 Å². The van der Waals surface area contributed by atoms with Gasteiger partial charge in [0.15, 0.2) is 0 Å². The van der Waals surface area contributed by atoms with Crippen molar-refractivity contribution in [2.75, 3.05) is 18.4 Å². The number of likely N-dealkylation sites (tertiary alicyclic amines) is 1. The van der Waals surface area contributed by atoms with Crippen molar-refractivity contribution < 1.29 is 9.42 Å². The molecule has 0 spiro atoms. The minimum atomic E-state index is 0.0605. The molecule has 1 amide bonds. The summed E-state index contributed by atoms with van der Waals surface area (Å²) in [4.78, 5) is 28.2. The average molecular weight is 419 g/mol. The first-order valence-electron chi connectivity index (χ1n) is 10.8. The number of amides is 1. The lowest BCUT2D eigenvalue weighted by atomic mass is 9.89. The number of nitrogens with zero attached hydrogens (tertiary/aromatic N) is 6. The summed E-state index contributed by atoms with van der Waals surface area (Å²) in [6, 6.07) is 4.47. The van der Waals surface area contributed by atoms with Crippen LogP contribution in [0.15, 0.2) is 35.4 Å². The molecule has 0 bridgehead atoms. The Kier molecular flexibility index (Phi) is 5.31. The van der Waals surface area contributed by atoms with E-state index in [1.165, 1.54) is 12.8 Å². The molecule has 1 saturated carbocycles. The third-order valence-electron chi connectivity index (χ3n) is 6.02. The van der Waals surface area contributed by atoms with Crippen LogP contribution in [-0.4, -0.2) is 55.2 Å². The van der Waals surface area contributed by atoms with E-state index in [1.807, 2.05) is 23.2 Å². The third kappa shape index (κ3) is 4.40. The molecule has 0 aromatic carbocycles. The van der Waals surface area contributed by atoms with E-state index in [1.54, 1.807) is 19.3 Å². The van der Waals surface area contributed by atoms with Gasteiger partial charge >= 0.3 is 0 Å². The Morgan fingerprint density at radius 1 is 1.16 bits per heavy atom. The van der Waals surface area contributed by atoms with Crippen LogP contribution in [0.2, 0.25) is 0 Å². The SMILES string of the molecule is Cc1nonc1CC(=O)N1CCC(c2nc(NC3CC3)ncc2-c2ccncc2)CC1. The molecule has 2 fully saturated rings. The molecule has 0 atom stereocenters. The van der Waals surface area contributed by atoms with Gasteiger partial charge in [-0.3, -0.25) is 9.78 Å². The zero-order valence-electron chi connectivity index (χ0n) is 17.5. The highest BCUT2D eigenvalue weighted by molar-refractivity contribution is 5.78. The number of aryl methyl sites for hydroxylation is 1. The molecule has 3 aromatic rings. The molecule has 0 radical (unpaired) electrons. The van der Waals surface area contributed by atoms with E-state index < -0.39 is 0 Å². The van der Waals surface area contributed by atoms with Gasteiger partial charge in [-0.25, -0.2) is 14.6 Å². The molecule has 1 aliphatic heterocycles.